The van der Waals surface area contributed by atoms with Gasteiger partial charge in [-0.1, -0.05) is 200 Å². The molecule has 13 rings (SSSR count). The molecule has 298 valence electrons. The fourth-order valence-corrected chi connectivity index (χ4v) is 11.3. The highest BCUT2D eigenvalue weighted by Gasteiger charge is 2.50. The van der Waals surface area contributed by atoms with Crippen molar-refractivity contribution in [2.75, 3.05) is 0 Å². The fraction of sp³-hybridized carbons (Fsp3) is 0.0169. The Morgan fingerprint density at radius 3 is 1.48 bits per heavy atom. The lowest BCUT2D eigenvalue weighted by Crippen LogP contribution is -2.32. The Morgan fingerprint density at radius 2 is 0.812 bits per heavy atom. The lowest BCUT2D eigenvalue weighted by Gasteiger charge is -2.40. The Kier molecular flexibility index (Phi) is 8.33. The van der Waals surface area contributed by atoms with E-state index in [1.165, 1.54) is 48.6 Å². The molecule has 3 heterocycles. The van der Waals surface area contributed by atoms with Gasteiger partial charge in [0.2, 0.25) is 0 Å². The van der Waals surface area contributed by atoms with Crippen molar-refractivity contribution in [3.8, 4) is 67.7 Å². The lowest BCUT2D eigenvalue weighted by molar-refractivity contribution is 0.724. The third-order valence-electron chi connectivity index (χ3n) is 13.0. The molecule has 1 aliphatic carbocycles. The van der Waals surface area contributed by atoms with Gasteiger partial charge in [0, 0.05) is 42.8 Å². The Hall–Kier alpha value is -7.99. The van der Waals surface area contributed by atoms with Gasteiger partial charge >= 0.3 is 0 Å². The molecule has 11 aromatic rings. The summed E-state index contributed by atoms with van der Waals surface area (Å²) in [5.74, 6) is 1.93. The minimum atomic E-state index is -0.479. The van der Waals surface area contributed by atoms with Crippen LogP contribution in [0, 0.1) is 0 Å². The van der Waals surface area contributed by atoms with Crippen molar-refractivity contribution in [3.63, 3.8) is 0 Å². The van der Waals surface area contributed by atoms with Gasteiger partial charge in [0.05, 0.1) is 16.6 Å². The maximum atomic E-state index is 5.50. The van der Waals surface area contributed by atoms with Gasteiger partial charge in [-0.2, -0.15) is 0 Å². The predicted molar refractivity (Wildman–Crippen MR) is 261 cm³/mol. The van der Waals surface area contributed by atoms with Crippen molar-refractivity contribution in [1.82, 2.24) is 19.9 Å². The van der Waals surface area contributed by atoms with E-state index in [2.05, 4.69) is 158 Å². The van der Waals surface area contributed by atoms with Gasteiger partial charge in [-0.3, -0.25) is 0 Å². The molecule has 0 saturated heterocycles. The number of aromatic nitrogens is 4. The first-order valence-corrected chi connectivity index (χ1v) is 22.4. The van der Waals surface area contributed by atoms with Gasteiger partial charge in [-0.05, 0) is 80.2 Å². The van der Waals surface area contributed by atoms with E-state index < -0.39 is 5.41 Å². The first kappa shape index (κ1) is 36.6. The molecule has 5 heteroatoms. The first-order chi connectivity index (χ1) is 31.7. The Labute approximate surface area is 375 Å². The zero-order chi connectivity index (χ0) is 42.2. The molecule has 2 aromatic heterocycles. The summed E-state index contributed by atoms with van der Waals surface area (Å²) in [6.07, 6.45) is 0. The van der Waals surface area contributed by atoms with E-state index in [1.54, 1.807) is 0 Å². The molecule has 0 radical (unpaired) electrons. The van der Waals surface area contributed by atoms with Gasteiger partial charge in [0.1, 0.15) is 0 Å². The number of fused-ring (bicyclic) bond motifs is 12. The normalized spacial score (nSPS) is 13.1. The Bertz CT molecular complexity index is 3540. The lowest BCUT2D eigenvalue weighted by atomic mass is 9.67. The molecule has 0 fully saturated rings. The molecule has 0 atom stereocenters. The Morgan fingerprint density at radius 1 is 0.297 bits per heavy atom. The number of hydrogen-bond donors (Lipinski definition) is 0. The van der Waals surface area contributed by atoms with E-state index in [-0.39, 0.29) is 0 Å². The maximum Gasteiger partial charge on any atom is 0.164 e. The van der Waals surface area contributed by atoms with Crippen LogP contribution in [0.25, 0.3) is 89.4 Å². The zero-order valence-corrected chi connectivity index (χ0v) is 35.3. The number of nitrogens with zero attached hydrogens (tertiary/aromatic N) is 4. The van der Waals surface area contributed by atoms with Crippen LogP contribution < -0.4 is 0 Å². The SMILES string of the molecule is c1ccc(-c2nc(-c3ccccc3)nc(-c3ccc(-c4cccc(-c5nc6ccccc6c6cc7c(cc56)C5(c6ccccc6S7)c6ccccc6-c6ccccc65)c4)cc3)n2)cc1. The van der Waals surface area contributed by atoms with Crippen molar-refractivity contribution in [2.24, 2.45) is 0 Å². The standard InChI is InChI=1S/C59H36N4S/c1-3-16-38(17-4-1)56-61-57(39-18-5-2-6-19-39)63-58(62-56)40-32-30-37(31-33-40)41-20-15-21-42(34-41)55-47-35-51-54(36-46(47)45-24-9-13-28-52(45)60-55)64-53-29-14-12-27-50(53)59(51)48-25-10-7-22-43(48)44-23-8-11-26-49(44)59/h1-36H. The van der Waals surface area contributed by atoms with Crippen LogP contribution in [0.3, 0.4) is 0 Å². The first-order valence-electron chi connectivity index (χ1n) is 21.6. The van der Waals surface area contributed by atoms with Crippen LogP contribution in [0.1, 0.15) is 22.3 Å². The second-order valence-electron chi connectivity index (χ2n) is 16.5. The number of hydrogen-bond acceptors (Lipinski definition) is 5. The van der Waals surface area contributed by atoms with E-state index in [4.69, 9.17) is 19.9 Å². The third-order valence-corrected chi connectivity index (χ3v) is 14.1. The van der Waals surface area contributed by atoms with E-state index in [0.717, 1.165) is 55.4 Å². The summed E-state index contributed by atoms with van der Waals surface area (Å²) < 4.78 is 0. The van der Waals surface area contributed by atoms with Crippen molar-refractivity contribution in [1.29, 1.82) is 0 Å². The number of benzene rings is 9. The molecule has 4 nitrogen and oxygen atoms in total. The van der Waals surface area contributed by atoms with Crippen LogP contribution in [0.15, 0.2) is 228 Å². The van der Waals surface area contributed by atoms with Gasteiger partial charge in [-0.15, -0.1) is 0 Å². The number of rotatable bonds is 5. The highest BCUT2D eigenvalue weighted by molar-refractivity contribution is 7.99. The largest absolute Gasteiger partial charge is 0.247 e. The van der Waals surface area contributed by atoms with Crippen molar-refractivity contribution in [3.05, 3.63) is 241 Å². The Balaban J connectivity index is 0.964. The molecule has 64 heavy (non-hydrogen) atoms. The summed E-state index contributed by atoms with van der Waals surface area (Å²) in [6, 6.07) is 78.1. The molecular weight excluding hydrogens is 797 g/mol. The molecule has 9 aromatic carbocycles. The molecule has 1 aliphatic heterocycles. The van der Waals surface area contributed by atoms with Gasteiger partial charge < -0.3 is 0 Å². The maximum absolute atomic E-state index is 5.50. The van der Waals surface area contributed by atoms with Crippen molar-refractivity contribution in [2.45, 2.75) is 15.2 Å². The van der Waals surface area contributed by atoms with Crippen LogP contribution in [-0.2, 0) is 5.41 Å². The summed E-state index contributed by atoms with van der Waals surface area (Å²) in [5.41, 5.74) is 15.4. The highest BCUT2D eigenvalue weighted by atomic mass is 32.2. The van der Waals surface area contributed by atoms with E-state index in [9.17, 15) is 0 Å². The molecule has 0 N–H and O–H groups in total. The molecule has 0 amide bonds. The highest BCUT2D eigenvalue weighted by Crippen LogP contribution is 2.62. The summed E-state index contributed by atoms with van der Waals surface area (Å²) >= 11 is 1.88. The van der Waals surface area contributed by atoms with Gasteiger partial charge in [0.15, 0.2) is 17.5 Å². The summed E-state index contributed by atoms with van der Waals surface area (Å²) in [4.78, 5) is 22.9. The zero-order valence-electron chi connectivity index (χ0n) is 34.5. The van der Waals surface area contributed by atoms with Crippen molar-refractivity contribution >= 4 is 33.4 Å². The monoisotopic (exact) mass is 832 g/mol. The second kappa shape index (κ2) is 14.6. The summed E-state index contributed by atoms with van der Waals surface area (Å²) in [5, 5.41) is 3.50. The molecule has 0 saturated carbocycles. The fourth-order valence-electron chi connectivity index (χ4n) is 10.1. The topological polar surface area (TPSA) is 51.6 Å². The smallest absolute Gasteiger partial charge is 0.164 e. The van der Waals surface area contributed by atoms with Gasteiger partial charge in [-0.25, -0.2) is 19.9 Å². The van der Waals surface area contributed by atoms with E-state index in [1.807, 2.05) is 72.4 Å². The van der Waals surface area contributed by atoms with Crippen LogP contribution in [-0.4, -0.2) is 19.9 Å². The second-order valence-corrected chi connectivity index (χ2v) is 17.6. The molecule has 2 aliphatic rings. The van der Waals surface area contributed by atoms with Crippen LogP contribution >= 0.6 is 11.8 Å². The van der Waals surface area contributed by atoms with E-state index >= 15 is 0 Å². The third kappa shape index (κ3) is 5.64. The predicted octanol–water partition coefficient (Wildman–Crippen LogP) is 14.7. The minimum absolute atomic E-state index is 0.479. The van der Waals surface area contributed by atoms with Crippen molar-refractivity contribution < 1.29 is 0 Å². The van der Waals surface area contributed by atoms with Gasteiger partial charge in [0.25, 0.3) is 0 Å². The molecule has 0 bridgehead atoms. The summed E-state index contributed by atoms with van der Waals surface area (Å²) in [7, 11) is 0. The average Bonchev–Trinajstić information content (AvgIpc) is 3.66. The quantitative estimate of drug-likeness (QED) is 0.162. The van der Waals surface area contributed by atoms with E-state index in [0.29, 0.717) is 17.5 Å². The molecular formula is C59H36N4S. The average molecular weight is 833 g/mol. The summed E-state index contributed by atoms with van der Waals surface area (Å²) in [6.45, 7) is 0. The number of pyridine rings is 1. The minimum Gasteiger partial charge on any atom is -0.247 e. The van der Waals surface area contributed by atoms with Crippen LogP contribution in [0.5, 0.6) is 0 Å². The molecule has 1 spiro atoms. The van der Waals surface area contributed by atoms with Crippen LogP contribution in [0.2, 0.25) is 0 Å². The van der Waals surface area contributed by atoms with Crippen LogP contribution in [0.4, 0.5) is 0 Å². The number of para-hydroxylation sites is 1. The molecule has 0 unspecified atom stereocenters.